The van der Waals surface area contributed by atoms with Crippen molar-refractivity contribution >= 4 is 5.69 Å². The van der Waals surface area contributed by atoms with Crippen LogP contribution in [-0.4, -0.2) is 18.2 Å². The first-order valence-electron chi connectivity index (χ1n) is 9.23. The van der Waals surface area contributed by atoms with E-state index in [1.54, 1.807) is 12.1 Å². The molecule has 0 aliphatic rings. The van der Waals surface area contributed by atoms with Crippen LogP contribution < -0.4 is 15.2 Å². The van der Waals surface area contributed by atoms with Gasteiger partial charge in [0.25, 0.3) is 0 Å². The van der Waals surface area contributed by atoms with Crippen LogP contribution in [0.2, 0.25) is 0 Å². The number of aromatic nitrogens is 1. The molecule has 1 aromatic heterocycles. The Balaban J connectivity index is 1.57. The van der Waals surface area contributed by atoms with Crippen LogP contribution in [0.5, 0.6) is 11.5 Å². The summed E-state index contributed by atoms with van der Waals surface area (Å²) in [6, 6.07) is 19.1. The largest absolute Gasteiger partial charge is 0.481 e. The van der Waals surface area contributed by atoms with Crippen molar-refractivity contribution in [3.8, 4) is 35.2 Å². The highest BCUT2D eigenvalue weighted by Gasteiger charge is 1.97. The standard InChI is InChI=1S/C25H22N2O2/c1-19-7-11-24(12-8-19)28-15-3-5-22-17-21(26)18-23(27-22)6-4-16-29-25-13-9-20(2)10-14-25/h7-14,17-18H,15-16H2,1-2H3,(H2,26,27). The topological polar surface area (TPSA) is 57.4 Å². The summed E-state index contributed by atoms with van der Waals surface area (Å²) in [4.78, 5) is 4.41. The minimum absolute atomic E-state index is 0.269. The van der Waals surface area contributed by atoms with E-state index in [0.29, 0.717) is 17.1 Å². The van der Waals surface area contributed by atoms with Crippen molar-refractivity contribution in [2.45, 2.75) is 13.8 Å². The number of hydrogen-bond acceptors (Lipinski definition) is 4. The average molecular weight is 382 g/mol. The van der Waals surface area contributed by atoms with Crippen molar-refractivity contribution in [2.75, 3.05) is 18.9 Å². The third kappa shape index (κ3) is 6.65. The maximum Gasteiger partial charge on any atom is 0.149 e. The molecule has 0 bridgehead atoms. The Bertz CT molecular complexity index is 994. The van der Waals surface area contributed by atoms with E-state index in [-0.39, 0.29) is 13.2 Å². The predicted octanol–water partition coefficient (Wildman–Crippen LogP) is 4.14. The average Bonchev–Trinajstić information content (AvgIpc) is 2.71. The molecule has 4 nitrogen and oxygen atoms in total. The normalized spacial score (nSPS) is 9.59. The Hall–Kier alpha value is -3.89. The van der Waals surface area contributed by atoms with E-state index in [1.165, 1.54) is 11.1 Å². The fourth-order valence-electron chi connectivity index (χ4n) is 2.44. The van der Waals surface area contributed by atoms with E-state index in [9.17, 15) is 0 Å². The molecular formula is C25H22N2O2. The molecule has 2 aromatic carbocycles. The summed E-state index contributed by atoms with van der Waals surface area (Å²) in [5, 5.41) is 0. The summed E-state index contributed by atoms with van der Waals surface area (Å²) in [7, 11) is 0. The minimum atomic E-state index is 0.269. The second kappa shape index (κ2) is 9.88. The molecule has 0 aliphatic heterocycles. The van der Waals surface area contributed by atoms with E-state index < -0.39 is 0 Å². The molecule has 0 saturated carbocycles. The summed E-state index contributed by atoms with van der Waals surface area (Å²) in [5.74, 6) is 13.4. The zero-order valence-electron chi connectivity index (χ0n) is 16.5. The van der Waals surface area contributed by atoms with Gasteiger partial charge in [-0.3, -0.25) is 0 Å². The van der Waals surface area contributed by atoms with Crippen LogP contribution in [-0.2, 0) is 0 Å². The Morgan fingerprint density at radius 2 is 1.14 bits per heavy atom. The molecule has 0 aliphatic carbocycles. The highest BCUT2D eigenvalue weighted by Crippen LogP contribution is 2.12. The minimum Gasteiger partial charge on any atom is -0.481 e. The number of hydrogen-bond donors (Lipinski definition) is 1. The van der Waals surface area contributed by atoms with Gasteiger partial charge in [0.05, 0.1) is 0 Å². The number of benzene rings is 2. The molecule has 2 N–H and O–H groups in total. The lowest BCUT2D eigenvalue weighted by Crippen LogP contribution is -1.97. The highest BCUT2D eigenvalue weighted by molar-refractivity contribution is 5.49. The summed E-state index contributed by atoms with van der Waals surface area (Å²) in [5.41, 5.74) is 9.99. The highest BCUT2D eigenvalue weighted by atomic mass is 16.5. The summed E-state index contributed by atoms with van der Waals surface area (Å²) in [6.07, 6.45) is 0. The lowest BCUT2D eigenvalue weighted by Gasteiger charge is -2.02. The van der Waals surface area contributed by atoms with Crippen molar-refractivity contribution in [1.82, 2.24) is 4.98 Å². The smallest absolute Gasteiger partial charge is 0.149 e. The van der Waals surface area contributed by atoms with Crippen LogP contribution in [0.3, 0.4) is 0 Å². The molecule has 3 rings (SSSR count). The van der Waals surface area contributed by atoms with E-state index in [4.69, 9.17) is 15.2 Å². The second-order valence-corrected chi connectivity index (χ2v) is 6.48. The van der Waals surface area contributed by atoms with Crippen molar-refractivity contribution in [2.24, 2.45) is 0 Å². The number of nitrogens with zero attached hydrogens (tertiary/aromatic N) is 1. The number of pyridine rings is 1. The molecule has 0 atom stereocenters. The van der Waals surface area contributed by atoms with Crippen molar-refractivity contribution in [3.63, 3.8) is 0 Å². The van der Waals surface area contributed by atoms with Gasteiger partial charge in [-0.05, 0) is 62.1 Å². The second-order valence-electron chi connectivity index (χ2n) is 6.48. The Kier molecular flexibility index (Phi) is 6.76. The first kappa shape index (κ1) is 19.9. The van der Waals surface area contributed by atoms with E-state index >= 15 is 0 Å². The molecule has 29 heavy (non-hydrogen) atoms. The number of anilines is 1. The van der Waals surface area contributed by atoms with Gasteiger partial charge in [0, 0.05) is 5.69 Å². The molecule has 0 fully saturated rings. The maximum absolute atomic E-state index is 5.94. The van der Waals surface area contributed by atoms with Crippen LogP contribution in [0.1, 0.15) is 22.5 Å². The van der Waals surface area contributed by atoms with Crippen LogP contribution in [0.4, 0.5) is 5.69 Å². The van der Waals surface area contributed by atoms with Crippen molar-refractivity contribution in [3.05, 3.63) is 83.2 Å². The van der Waals surface area contributed by atoms with Crippen molar-refractivity contribution in [1.29, 1.82) is 0 Å². The van der Waals surface area contributed by atoms with Crippen LogP contribution in [0.15, 0.2) is 60.7 Å². The lowest BCUT2D eigenvalue weighted by atomic mass is 10.2. The first-order chi connectivity index (χ1) is 14.1. The lowest BCUT2D eigenvalue weighted by molar-refractivity contribution is 0.370. The van der Waals surface area contributed by atoms with E-state index in [0.717, 1.165) is 11.5 Å². The molecule has 4 heteroatoms. The molecule has 0 saturated heterocycles. The number of nitrogen functional groups attached to an aromatic ring is 1. The van der Waals surface area contributed by atoms with Crippen molar-refractivity contribution < 1.29 is 9.47 Å². The molecular weight excluding hydrogens is 360 g/mol. The monoisotopic (exact) mass is 382 g/mol. The quantitative estimate of drug-likeness (QED) is 0.689. The maximum atomic E-state index is 5.94. The predicted molar refractivity (Wildman–Crippen MR) is 116 cm³/mol. The first-order valence-corrected chi connectivity index (χ1v) is 9.23. The van der Waals surface area contributed by atoms with Crippen LogP contribution in [0.25, 0.3) is 0 Å². The number of rotatable bonds is 4. The molecule has 0 amide bonds. The summed E-state index contributed by atoms with van der Waals surface area (Å²) >= 11 is 0. The van der Waals surface area contributed by atoms with Gasteiger partial charge < -0.3 is 15.2 Å². The molecule has 1 heterocycles. The zero-order valence-corrected chi connectivity index (χ0v) is 16.5. The number of ether oxygens (including phenoxy) is 2. The van der Waals surface area contributed by atoms with Crippen LogP contribution >= 0.6 is 0 Å². The molecule has 0 unspecified atom stereocenters. The number of aryl methyl sites for hydroxylation is 2. The van der Waals surface area contributed by atoms with E-state index in [2.05, 4.69) is 28.7 Å². The van der Waals surface area contributed by atoms with Gasteiger partial charge in [0.2, 0.25) is 0 Å². The molecule has 3 aromatic rings. The van der Waals surface area contributed by atoms with Gasteiger partial charge >= 0.3 is 0 Å². The molecule has 0 spiro atoms. The zero-order chi connectivity index (χ0) is 20.5. The fraction of sp³-hybridized carbons (Fsp3) is 0.160. The molecule has 0 radical (unpaired) electrons. The SMILES string of the molecule is Cc1ccc(OCC#Cc2cc(N)cc(C#CCOc3ccc(C)cc3)n2)cc1. The van der Waals surface area contributed by atoms with E-state index in [1.807, 2.05) is 62.4 Å². The Morgan fingerprint density at radius 3 is 1.55 bits per heavy atom. The Morgan fingerprint density at radius 1 is 0.724 bits per heavy atom. The van der Waals surface area contributed by atoms with Gasteiger partial charge in [0.1, 0.15) is 36.1 Å². The van der Waals surface area contributed by atoms with Gasteiger partial charge in [-0.15, -0.1) is 0 Å². The molecule has 144 valence electrons. The van der Waals surface area contributed by atoms with Gasteiger partial charge in [-0.25, -0.2) is 4.98 Å². The third-order valence-corrected chi connectivity index (χ3v) is 3.94. The number of nitrogens with two attached hydrogens (primary N) is 1. The van der Waals surface area contributed by atoms with Gasteiger partial charge in [0.15, 0.2) is 0 Å². The summed E-state index contributed by atoms with van der Waals surface area (Å²) in [6.45, 7) is 4.60. The van der Waals surface area contributed by atoms with Crippen LogP contribution in [0, 0.1) is 37.5 Å². The fourth-order valence-corrected chi connectivity index (χ4v) is 2.44. The Labute approximate surface area is 171 Å². The third-order valence-electron chi connectivity index (χ3n) is 3.94. The van der Waals surface area contributed by atoms with Gasteiger partial charge in [-0.2, -0.15) is 0 Å². The van der Waals surface area contributed by atoms with Gasteiger partial charge in [-0.1, -0.05) is 47.2 Å². The summed E-state index contributed by atoms with van der Waals surface area (Å²) < 4.78 is 11.2.